The summed E-state index contributed by atoms with van der Waals surface area (Å²) in [5.74, 6) is -0.477. The van der Waals surface area contributed by atoms with E-state index in [1.165, 1.54) is 0 Å². The number of aliphatic hydroxyl groups is 2. The van der Waals surface area contributed by atoms with E-state index in [-0.39, 0.29) is 26.2 Å². The van der Waals surface area contributed by atoms with E-state index < -0.39 is 59.2 Å². The predicted octanol–water partition coefficient (Wildman–Crippen LogP) is 1.61. The zero-order chi connectivity index (χ0) is 32.0. The Morgan fingerprint density at radius 3 is 1.61 bits per heavy atom. The number of hydrogen-bond acceptors (Lipinski definition) is 10. The summed E-state index contributed by atoms with van der Waals surface area (Å²) in [7, 11) is 0. The fourth-order valence-corrected chi connectivity index (χ4v) is 3.18. The average Bonchev–Trinajstić information content (AvgIpc) is 2.77. The Morgan fingerprint density at radius 2 is 1.15 bits per heavy atom. The summed E-state index contributed by atoms with van der Waals surface area (Å²) in [6.07, 6.45) is -2.86. The lowest BCUT2D eigenvalue weighted by Gasteiger charge is -2.30. The van der Waals surface area contributed by atoms with Gasteiger partial charge in [-0.3, -0.25) is 4.79 Å². The van der Waals surface area contributed by atoms with Crippen LogP contribution in [0.15, 0.2) is 0 Å². The minimum Gasteiger partial charge on any atom is -0.444 e. The molecule has 14 nitrogen and oxygen atoms in total. The van der Waals surface area contributed by atoms with E-state index in [4.69, 9.17) is 19.9 Å². The van der Waals surface area contributed by atoms with Crippen LogP contribution in [0.3, 0.4) is 0 Å². The van der Waals surface area contributed by atoms with Crippen molar-refractivity contribution in [1.82, 2.24) is 20.9 Å². The first-order chi connectivity index (χ1) is 18.6. The highest BCUT2D eigenvalue weighted by atomic mass is 16.6. The van der Waals surface area contributed by atoms with E-state index in [9.17, 15) is 29.4 Å². The molecule has 41 heavy (non-hydrogen) atoms. The van der Waals surface area contributed by atoms with Crippen molar-refractivity contribution < 1.29 is 43.6 Å². The van der Waals surface area contributed by atoms with E-state index in [1.807, 2.05) is 0 Å². The molecule has 14 heteroatoms. The van der Waals surface area contributed by atoms with Crippen molar-refractivity contribution in [3.8, 4) is 0 Å². The maximum absolute atomic E-state index is 12.7. The lowest BCUT2D eigenvalue weighted by atomic mass is 10.1. The van der Waals surface area contributed by atoms with Crippen molar-refractivity contribution in [3.63, 3.8) is 0 Å². The minimum atomic E-state index is -1.19. The highest BCUT2D eigenvalue weighted by molar-refractivity contribution is 5.81. The number of nitrogens with one attached hydrogen (secondary N) is 3. The van der Waals surface area contributed by atoms with Gasteiger partial charge in [-0.1, -0.05) is 0 Å². The van der Waals surface area contributed by atoms with Crippen LogP contribution in [0.4, 0.5) is 14.4 Å². The summed E-state index contributed by atoms with van der Waals surface area (Å²) < 4.78 is 15.7. The van der Waals surface area contributed by atoms with Crippen molar-refractivity contribution in [2.75, 3.05) is 32.7 Å². The first-order valence-corrected chi connectivity index (χ1v) is 13.9. The molecule has 0 aliphatic carbocycles. The van der Waals surface area contributed by atoms with Crippen LogP contribution in [0.5, 0.6) is 0 Å². The molecule has 0 spiro atoms. The molecule has 0 bridgehead atoms. The Hall–Kier alpha value is -2.84. The Kier molecular flexibility index (Phi) is 16.0. The molecule has 0 saturated carbocycles. The van der Waals surface area contributed by atoms with Crippen LogP contribution in [0.2, 0.25) is 0 Å². The number of hydrogen-bond donors (Lipinski definition) is 6. The molecule has 4 amide bonds. The molecule has 0 aromatic carbocycles. The van der Waals surface area contributed by atoms with Gasteiger partial charge in [0.15, 0.2) is 0 Å². The molecule has 0 unspecified atom stereocenters. The van der Waals surface area contributed by atoms with Gasteiger partial charge in [-0.2, -0.15) is 0 Å². The fraction of sp³-hybridized carbons (Fsp3) is 0.852. The monoisotopic (exact) mass is 591 g/mol. The minimum absolute atomic E-state index is 0.196. The second-order valence-corrected chi connectivity index (χ2v) is 12.9. The number of alkyl carbamates (subject to hydrolysis) is 2. The molecule has 3 atom stereocenters. The lowest BCUT2D eigenvalue weighted by molar-refractivity contribution is -0.123. The summed E-state index contributed by atoms with van der Waals surface area (Å²) in [6.45, 7) is 14.9. The smallest absolute Gasteiger partial charge is 0.410 e. The van der Waals surface area contributed by atoms with Crippen molar-refractivity contribution in [1.29, 1.82) is 0 Å². The zero-order valence-electron chi connectivity index (χ0n) is 26.2. The van der Waals surface area contributed by atoms with E-state index in [0.29, 0.717) is 25.8 Å². The highest BCUT2D eigenvalue weighted by Gasteiger charge is 2.27. The standard InChI is InChI=1S/C27H53N5O9/c1-25(2,3)39-22(36)29-13-11-10-12-20(28)21(35)30-14-18(33)16-32(24(38)41-27(7,8)9)17-19(34)15-31-23(37)40-26(4,5)6/h18-20,33-34H,10-17,28H2,1-9H3,(H,29,36)(H,30,35)(H,31,37)/t18-,19-,20+/m1/s1. The second kappa shape index (κ2) is 17.2. The Bertz CT molecular complexity index is 835. The van der Waals surface area contributed by atoms with Gasteiger partial charge in [0.1, 0.15) is 16.8 Å². The fourth-order valence-electron chi connectivity index (χ4n) is 3.18. The third-order valence-electron chi connectivity index (χ3n) is 4.85. The van der Waals surface area contributed by atoms with Gasteiger partial charge in [0.25, 0.3) is 0 Å². The maximum Gasteiger partial charge on any atom is 0.410 e. The average molecular weight is 592 g/mol. The molecular weight excluding hydrogens is 538 g/mol. The van der Waals surface area contributed by atoms with Crippen LogP contribution >= 0.6 is 0 Å². The Balaban J connectivity index is 4.72. The molecule has 7 N–H and O–H groups in total. The number of aliphatic hydroxyl groups excluding tert-OH is 2. The van der Waals surface area contributed by atoms with Crippen molar-refractivity contribution in [3.05, 3.63) is 0 Å². The van der Waals surface area contributed by atoms with E-state index in [1.54, 1.807) is 62.3 Å². The Morgan fingerprint density at radius 1 is 0.707 bits per heavy atom. The van der Waals surface area contributed by atoms with Gasteiger partial charge in [-0.05, 0) is 81.6 Å². The summed E-state index contributed by atoms with van der Waals surface area (Å²) in [6, 6.07) is -0.827. The molecule has 0 rings (SSSR count). The number of carbonyl (C=O) groups is 4. The van der Waals surface area contributed by atoms with Gasteiger partial charge in [0.2, 0.25) is 5.91 Å². The second-order valence-electron chi connectivity index (χ2n) is 12.9. The molecule has 0 aromatic rings. The number of nitrogens with two attached hydrogens (primary N) is 1. The third kappa shape index (κ3) is 21.6. The molecule has 0 aromatic heterocycles. The molecule has 0 fully saturated rings. The largest absolute Gasteiger partial charge is 0.444 e. The summed E-state index contributed by atoms with van der Waals surface area (Å²) in [5.41, 5.74) is 3.81. The molecule has 0 aliphatic heterocycles. The van der Waals surface area contributed by atoms with Crippen LogP contribution in [0, 0.1) is 0 Å². The molecule has 0 radical (unpaired) electrons. The van der Waals surface area contributed by atoms with Crippen LogP contribution in [0.25, 0.3) is 0 Å². The molecule has 0 aliphatic rings. The SMILES string of the molecule is CC(C)(C)OC(=O)NCCCC[C@H](N)C(=O)NC[C@@H](O)CN(C[C@H](O)CNC(=O)OC(C)(C)C)C(=O)OC(C)(C)C. The number of ether oxygens (including phenoxy) is 3. The van der Waals surface area contributed by atoms with Crippen molar-refractivity contribution >= 4 is 24.2 Å². The molecule has 240 valence electrons. The van der Waals surface area contributed by atoms with Gasteiger partial charge < -0.3 is 51.0 Å². The van der Waals surface area contributed by atoms with Crippen LogP contribution in [-0.2, 0) is 19.0 Å². The first kappa shape index (κ1) is 38.2. The zero-order valence-corrected chi connectivity index (χ0v) is 26.2. The topological polar surface area (TPSA) is 202 Å². The van der Waals surface area contributed by atoms with E-state index >= 15 is 0 Å². The molecular formula is C27H53N5O9. The third-order valence-corrected chi connectivity index (χ3v) is 4.85. The van der Waals surface area contributed by atoms with Crippen LogP contribution < -0.4 is 21.7 Å². The lowest BCUT2D eigenvalue weighted by Crippen LogP contribution is -2.50. The maximum atomic E-state index is 12.7. The van der Waals surface area contributed by atoms with E-state index in [0.717, 1.165) is 4.90 Å². The number of rotatable bonds is 14. The summed E-state index contributed by atoms with van der Waals surface area (Å²) >= 11 is 0. The van der Waals surface area contributed by atoms with Gasteiger partial charge >= 0.3 is 18.3 Å². The first-order valence-electron chi connectivity index (χ1n) is 13.9. The van der Waals surface area contributed by atoms with Gasteiger partial charge in [-0.25, -0.2) is 14.4 Å². The van der Waals surface area contributed by atoms with Gasteiger partial charge in [0.05, 0.1) is 31.3 Å². The Labute approximate surface area is 244 Å². The van der Waals surface area contributed by atoms with Gasteiger partial charge in [-0.15, -0.1) is 0 Å². The number of unbranched alkanes of at least 4 members (excludes halogenated alkanes) is 1. The van der Waals surface area contributed by atoms with Crippen LogP contribution in [-0.4, -0.2) is 107 Å². The molecule has 0 heterocycles. The van der Waals surface area contributed by atoms with Crippen LogP contribution in [0.1, 0.15) is 81.6 Å². The van der Waals surface area contributed by atoms with E-state index in [2.05, 4.69) is 16.0 Å². The normalized spacial score (nSPS) is 14.2. The predicted molar refractivity (Wildman–Crippen MR) is 153 cm³/mol. The number of nitrogens with zero attached hydrogens (tertiary/aromatic N) is 1. The summed E-state index contributed by atoms with van der Waals surface area (Å²) in [4.78, 5) is 49.7. The highest BCUT2D eigenvalue weighted by Crippen LogP contribution is 2.12. The van der Waals surface area contributed by atoms with Crippen molar-refractivity contribution in [2.24, 2.45) is 5.73 Å². The quantitative estimate of drug-likeness (QED) is 0.127. The molecule has 0 saturated heterocycles. The van der Waals surface area contributed by atoms with Gasteiger partial charge in [0, 0.05) is 19.6 Å². The number of carbonyl (C=O) groups excluding carboxylic acids is 4. The van der Waals surface area contributed by atoms with Crippen molar-refractivity contribution in [2.45, 2.75) is 117 Å². The summed E-state index contributed by atoms with van der Waals surface area (Å²) in [5, 5.41) is 28.5. The number of amides is 4.